The number of pyridine rings is 1. The van der Waals surface area contributed by atoms with Gasteiger partial charge in [-0.2, -0.15) is 0 Å². The normalized spacial score (nSPS) is 18.4. The Kier molecular flexibility index (Phi) is 3.57. The van der Waals surface area contributed by atoms with Crippen LogP contribution in [-0.4, -0.2) is 4.98 Å². The monoisotopic (exact) mass is 253 g/mol. The van der Waals surface area contributed by atoms with Crippen LogP contribution in [0.2, 0.25) is 0 Å². The number of rotatable bonds is 2. The van der Waals surface area contributed by atoms with Crippen molar-refractivity contribution in [3.63, 3.8) is 0 Å². The number of hydrogen-bond donors (Lipinski definition) is 0. The molecule has 0 aliphatic heterocycles. The van der Waals surface area contributed by atoms with E-state index in [1.165, 1.54) is 44.1 Å². The minimum absolute atomic E-state index is 0.903. The Labute approximate surface area is 94.1 Å². The molecule has 0 spiro atoms. The molecule has 0 atom stereocenters. The third-order valence-corrected chi connectivity index (χ3v) is 3.44. The zero-order chi connectivity index (χ0) is 9.80. The van der Waals surface area contributed by atoms with Gasteiger partial charge in [0.1, 0.15) is 0 Å². The molecule has 0 amide bonds. The standard InChI is InChI=1S/C12H16BrN/c13-12-7-11(8-14-9-12)6-10-4-2-1-3-5-10/h7-10H,1-6H2. The van der Waals surface area contributed by atoms with Gasteiger partial charge in [-0.25, -0.2) is 0 Å². The van der Waals surface area contributed by atoms with Crippen LogP contribution in [0.15, 0.2) is 22.9 Å². The maximum atomic E-state index is 4.20. The van der Waals surface area contributed by atoms with E-state index in [2.05, 4.69) is 27.0 Å². The van der Waals surface area contributed by atoms with Crippen molar-refractivity contribution >= 4 is 15.9 Å². The van der Waals surface area contributed by atoms with Crippen LogP contribution in [0.1, 0.15) is 37.7 Å². The van der Waals surface area contributed by atoms with Gasteiger partial charge in [-0.05, 0) is 39.9 Å². The fourth-order valence-corrected chi connectivity index (χ4v) is 2.70. The molecule has 1 fully saturated rings. The molecule has 0 bridgehead atoms. The molecule has 1 aliphatic rings. The van der Waals surface area contributed by atoms with Crippen LogP contribution in [0.5, 0.6) is 0 Å². The maximum Gasteiger partial charge on any atom is 0.0410 e. The lowest BCUT2D eigenvalue weighted by molar-refractivity contribution is 0.356. The average molecular weight is 254 g/mol. The first kappa shape index (κ1) is 10.2. The van der Waals surface area contributed by atoms with E-state index in [-0.39, 0.29) is 0 Å². The van der Waals surface area contributed by atoms with E-state index in [1.807, 2.05) is 12.4 Å². The van der Waals surface area contributed by atoms with E-state index in [0.717, 1.165) is 10.4 Å². The summed E-state index contributed by atoms with van der Waals surface area (Å²) < 4.78 is 1.10. The lowest BCUT2D eigenvalue weighted by Crippen LogP contribution is -2.09. The molecule has 0 unspecified atom stereocenters. The second kappa shape index (κ2) is 4.92. The fraction of sp³-hybridized carbons (Fsp3) is 0.583. The first-order chi connectivity index (χ1) is 6.84. The van der Waals surface area contributed by atoms with E-state index < -0.39 is 0 Å². The summed E-state index contributed by atoms with van der Waals surface area (Å²) in [6, 6.07) is 2.20. The molecule has 1 aromatic heterocycles. The van der Waals surface area contributed by atoms with Gasteiger partial charge in [0.05, 0.1) is 0 Å². The molecule has 14 heavy (non-hydrogen) atoms. The summed E-state index contributed by atoms with van der Waals surface area (Å²) in [5.41, 5.74) is 1.38. The number of aromatic nitrogens is 1. The Hall–Kier alpha value is -0.370. The highest BCUT2D eigenvalue weighted by Crippen LogP contribution is 2.27. The summed E-state index contributed by atoms with van der Waals surface area (Å²) in [6.07, 6.45) is 12.2. The van der Waals surface area contributed by atoms with Gasteiger partial charge in [-0.1, -0.05) is 32.1 Å². The summed E-state index contributed by atoms with van der Waals surface area (Å²) in [4.78, 5) is 4.20. The van der Waals surface area contributed by atoms with Crippen LogP contribution in [-0.2, 0) is 6.42 Å². The Balaban J connectivity index is 1.95. The molecule has 76 valence electrons. The quantitative estimate of drug-likeness (QED) is 0.778. The van der Waals surface area contributed by atoms with E-state index in [0.29, 0.717) is 0 Å². The summed E-state index contributed by atoms with van der Waals surface area (Å²) in [6.45, 7) is 0. The second-order valence-electron chi connectivity index (χ2n) is 4.22. The van der Waals surface area contributed by atoms with E-state index in [4.69, 9.17) is 0 Å². The summed E-state index contributed by atoms with van der Waals surface area (Å²) in [5, 5.41) is 0. The summed E-state index contributed by atoms with van der Waals surface area (Å²) >= 11 is 3.46. The van der Waals surface area contributed by atoms with Crippen molar-refractivity contribution in [2.24, 2.45) is 5.92 Å². The number of hydrogen-bond acceptors (Lipinski definition) is 1. The SMILES string of the molecule is Brc1cncc(CC2CCCCC2)c1. The Bertz CT molecular complexity index is 292. The third-order valence-electron chi connectivity index (χ3n) is 3.01. The van der Waals surface area contributed by atoms with Crippen molar-refractivity contribution in [3.8, 4) is 0 Å². The van der Waals surface area contributed by atoms with E-state index in [9.17, 15) is 0 Å². The highest BCUT2D eigenvalue weighted by molar-refractivity contribution is 9.10. The molecule has 0 saturated heterocycles. The zero-order valence-electron chi connectivity index (χ0n) is 8.38. The second-order valence-corrected chi connectivity index (χ2v) is 5.14. The van der Waals surface area contributed by atoms with Crippen molar-refractivity contribution in [2.45, 2.75) is 38.5 Å². The van der Waals surface area contributed by atoms with Gasteiger partial charge in [0.25, 0.3) is 0 Å². The minimum Gasteiger partial charge on any atom is -0.263 e. The lowest BCUT2D eigenvalue weighted by Gasteiger charge is -2.21. The predicted octanol–water partition coefficient (Wildman–Crippen LogP) is 3.97. The van der Waals surface area contributed by atoms with Crippen molar-refractivity contribution in [1.29, 1.82) is 0 Å². The average Bonchev–Trinajstić information content (AvgIpc) is 2.19. The molecular weight excluding hydrogens is 238 g/mol. The van der Waals surface area contributed by atoms with Crippen LogP contribution < -0.4 is 0 Å². The largest absolute Gasteiger partial charge is 0.263 e. The lowest BCUT2D eigenvalue weighted by atomic mass is 9.85. The Morgan fingerprint density at radius 1 is 1.21 bits per heavy atom. The molecule has 1 aromatic rings. The molecule has 1 nitrogen and oxygen atoms in total. The van der Waals surface area contributed by atoms with Crippen molar-refractivity contribution in [2.75, 3.05) is 0 Å². The molecule has 2 heteroatoms. The molecule has 1 saturated carbocycles. The van der Waals surface area contributed by atoms with Crippen molar-refractivity contribution < 1.29 is 0 Å². The van der Waals surface area contributed by atoms with Crippen LogP contribution >= 0.6 is 15.9 Å². The van der Waals surface area contributed by atoms with Gasteiger partial charge in [0, 0.05) is 16.9 Å². The van der Waals surface area contributed by atoms with Gasteiger partial charge in [0.2, 0.25) is 0 Å². The van der Waals surface area contributed by atoms with Crippen LogP contribution in [0.3, 0.4) is 0 Å². The van der Waals surface area contributed by atoms with Gasteiger partial charge in [0.15, 0.2) is 0 Å². The molecule has 0 N–H and O–H groups in total. The first-order valence-corrected chi connectivity index (χ1v) is 6.23. The minimum atomic E-state index is 0.903. The third kappa shape index (κ3) is 2.81. The van der Waals surface area contributed by atoms with E-state index in [1.54, 1.807) is 0 Å². The zero-order valence-corrected chi connectivity index (χ0v) is 9.96. The molecule has 1 aliphatic carbocycles. The van der Waals surface area contributed by atoms with Gasteiger partial charge < -0.3 is 0 Å². The Morgan fingerprint density at radius 3 is 2.71 bits per heavy atom. The summed E-state index contributed by atoms with van der Waals surface area (Å²) in [7, 11) is 0. The maximum absolute atomic E-state index is 4.20. The van der Waals surface area contributed by atoms with Crippen molar-refractivity contribution in [3.05, 3.63) is 28.5 Å². The van der Waals surface area contributed by atoms with Gasteiger partial charge in [-0.3, -0.25) is 4.98 Å². The smallest absolute Gasteiger partial charge is 0.0410 e. The molecule has 0 radical (unpaired) electrons. The molecule has 2 rings (SSSR count). The fourth-order valence-electron chi connectivity index (χ4n) is 2.29. The van der Waals surface area contributed by atoms with E-state index >= 15 is 0 Å². The topological polar surface area (TPSA) is 12.9 Å². The van der Waals surface area contributed by atoms with Crippen LogP contribution in [0.25, 0.3) is 0 Å². The van der Waals surface area contributed by atoms with Crippen LogP contribution in [0, 0.1) is 5.92 Å². The highest BCUT2D eigenvalue weighted by atomic mass is 79.9. The first-order valence-electron chi connectivity index (χ1n) is 5.44. The van der Waals surface area contributed by atoms with Gasteiger partial charge >= 0.3 is 0 Å². The van der Waals surface area contributed by atoms with Crippen LogP contribution in [0.4, 0.5) is 0 Å². The summed E-state index contributed by atoms with van der Waals surface area (Å²) in [5.74, 6) is 0.903. The number of nitrogens with zero attached hydrogens (tertiary/aromatic N) is 1. The number of halogens is 1. The highest BCUT2D eigenvalue weighted by Gasteiger charge is 2.13. The van der Waals surface area contributed by atoms with Crippen molar-refractivity contribution in [1.82, 2.24) is 4.98 Å². The molecule has 0 aromatic carbocycles. The Morgan fingerprint density at radius 2 is 2.00 bits per heavy atom. The molecular formula is C12H16BrN. The predicted molar refractivity (Wildman–Crippen MR) is 62.2 cm³/mol. The van der Waals surface area contributed by atoms with Gasteiger partial charge in [-0.15, -0.1) is 0 Å². The molecule has 1 heterocycles.